The van der Waals surface area contributed by atoms with Crippen molar-refractivity contribution >= 4 is 41.7 Å². The van der Waals surface area contributed by atoms with Gasteiger partial charge in [0.1, 0.15) is 23.7 Å². The number of nitrogens with one attached hydrogen (secondary N) is 1. The van der Waals surface area contributed by atoms with Crippen LogP contribution in [0, 0.1) is 6.92 Å². The van der Waals surface area contributed by atoms with Crippen molar-refractivity contribution in [2.24, 2.45) is 5.10 Å². The zero-order valence-corrected chi connectivity index (χ0v) is 32.0. The number of methoxy groups -OCH3 is 1. The highest BCUT2D eigenvalue weighted by atomic mass is 16.5. The fourth-order valence-corrected chi connectivity index (χ4v) is 5.41. The molecule has 1 amide bonds. The molecule has 1 aromatic carbocycles. The van der Waals surface area contributed by atoms with Gasteiger partial charge in [-0.15, -0.1) is 0 Å². The molecule has 3 heterocycles. The van der Waals surface area contributed by atoms with Crippen LogP contribution in [0.5, 0.6) is 5.75 Å². The van der Waals surface area contributed by atoms with Crippen LogP contribution < -0.4 is 20.6 Å². The largest absolute Gasteiger partial charge is 0.490 e. The predicted molar refractivity (Wildman–Crippen MR) is 209 cm³/mol. The summed E-state index contributed by atoms with van der Waals surface area (Å²) >= 11 is 0. The van der Waals surface area contributed by atoms with Gasteiger partial charge in [0, 0.05) is 36.8 Å². The number of aromatic nitrogens is 2. The van der Waals surface area contributed by atoms with E-state index >= 15 is 0 Å². The molecule has 4 rings (SSSR count). The number of anilines is 2. The first-order valence-electron chi connectivity index (χ1n) is 17.6. The summed E-state index contributed by atoms with van der Waals surface area (Å²) in [5.41, 5.74) is 3.62. The van der Waals surface area contributed by atoms with Gasteiger partial charge in [-0.1, -0.05) is 39.0 Å². The van der Waals surface area contributed by atoms with Crippen LogP contribution in [0.3, 0.4) is 0 Å². The number of hydrogen-bond donors (Lipinski definition) is 1. The third-order valence-electron chi connectivity index (χ3n) is 7.83. The number of aryl methyl sites for hydroxylation is 1. The minimum absolute atomic E-state index is 0.00932. The van der Waals surface area contributed by atoms with Crippen molar-refractivity contribution in [3.63, 3.8) is 0 Å². The Balaban J connectivity index is 0.00000345. The van der Waals surface area contributed by atoms with Crippen molar-refractivity contribution in [1.82, 2.24) is 24.8 Å². The summed E-state index contributed by atoms with van der Waals surface area (Å²) < 4.78 is 14.6. The van der Waals surface area contributed by atoms with E-state index in [1.165, 1.54) is 0 Å². The summed E-state index contributed by atoms with van der Waals surface area (Å²) in [7, 11) is 5.62. The van der Waals surface area contributed by atoms with Gasteiger partial charge in [-0.2, -0.15) is 9.68 Å². The number of benzene rings is 1. The lowest BCUT2D eigenvalue weighted by Crippen LogP contribution is -2.43. The molecule has 0 spiro atoms. The van der Waals surface area contributed by atoms with Gasteiger partial charge in [0.2, 0.25) is 17.4 Å². The topological polar surface area (TPSA) is 98.4 Å². The van der Waals surface area contributed by atoms with Crippen molar-refractivity contribution < 1.29 is 18.8 Å². The summed E-state index contributed by atoms with van der Waals surface area (Å²) in [5, 5.41) is 11.1. The van der Waals surface area contributed by atoms with Crippen LogP contribution in [-0.4, -0.2) is 95.1 Å². The maximum Gasteiger partial charge on any atom is 0.246 e. The Kier molecular flexibility index (Phi) is 16.1. The molecule has 0 radical (unpaired) electrons. The standard InChI is InChI=1S/C38H49N8O3.C2H6/c1-9-14-33(44-21-23-45(24-22-44)35(47)15-13-19-43(6)7)37(48-8)36-32(11-3)39-27-40-38(36)42-29-16-17-34(28(5)25-29)49-31-18-20-46(41-12-4)30(10-2)26-31;1-2/h10-18,20-21,25-27H,9,19,22-24H2,1-8H3,(H,39,40,42);1-2H3/q+1;/b15-13+,30-10+,32-11+,33-14-,37-36-,41-12-;. The van der Waals surface area contributed by atoms with Gasteiger partial charge in [-0.3, -0.25) is 4.79 Å². The number of hydrogen-bond acceptors (Lipinski definition) is 9. The van der Waals surface area contributed by atoms with Gasteiger partial charge in [0.15, 0.2) is 12.8 Å². The Morgan fingerprint density at radius 3 is 2.55 bits per heavy atom. The first kappa shape index (κ1) is 40.1. The summed E-state index contributed by atoms with van der Waals surface area (Å²) in [5.74, 6) is 2.73. The van der Waals surface area contributed by atoms with E-state index in [-0.39, 0.29) is 5.91 Å². The predicted octanol–water partition coefficient (Wildman–Crippen LogP) is 5.45. The lowest BCUT2D eigenvalue weighted by Gasteiger charge is -2.23. The molecular formula is C40H55N8O3+. The number of carbonyl (C=O) groups excluding carboxylic acids is 1. The smallest absolute Gasteiger partial charge is 0.246 e. The maximum absolute atomic E-state index is 12.8. The van der Waals surface area contributed by atoms with Crippen molar-refractivity contribution in [1.29, 1.82) is 0 Å². The second-order valence-corrected chi connectivity index (χ2v) is 11.6. The van der Waals surface area contributed by atoms with Crippen LogP contribution in [-0.2, 0) is 9.53 Å². The molecule has 0 aliphatic carbocycles. The molecule has 0 saturated heterocycles. The van der Waals surface area contributed by atoms with Gasteiger partial charge in [-0.25, -0.2) is 15.0 Å². The van der Waals surface area contributed by atoms with Crippen LogP contribution in [0.2, 0.25) is 0 Å². The van der Waals surface area contributed by atoms with Gasteiger partial charge >= 0.3 is 0 Å². The van der Waals surface area contributed by atoms with E-state index in [4.69, 9.17) is 9.47 Å². The highest BCUT2D eigenvalue weighted by Crippen LogP contribution is 2.27. The Hall–Kier alpha value is -5.29. The molecule has 0 saturated carbocycles. The van der Waals surface area contributed by atoms with E-state index in [1.807, 2.05) is 126 Å². The Bertz CT molecular complexity index is 1850. The number of allylic oxidation sites excluding steroid dienone is 4. The number of hydrazone groups is 1. The average Bonchev–Trinajstić information content (AvgIpc) is 3.14. The minimum Gasteiger partial charge on any atom is -0.490 e. The molecule has 272 valence electrons. The molecule has 11 heteroatoms. The van der Waals surface area contributed by atoms with E-state index in [1.54, 1.807) is 30.7 Å². The number of likely N-dealkylation sites (N-methyl/N-ethyl adjacent to an activating group) is 1. The second kappa shape index (κ2) is 20.4. The molecule has 51 heavy (non-hydrogen) atoms. The van der Waals surface area contributed by atoms with Crippen LogP contribution in [0.25, 0.3) is 11.8 Å². The molecular weight excluding hydrogens is 640 g/mol. The number of nitrogens with zero attached hydrogens (tertiary/aromatic N) is 7. The van der Waals surface area contributed by atoms with Crippen molar-refractivity contribution in [2.75, 3.05) is 52.7 Å². The summed E-state index contributed by atoms with van der Waals surface area (Å²) in [6.45, 7) is 16.3. The van der Waals surface area contributed by atoms with Gasteiger partial charge in [0.05, 0.1) is 36.5 Å². The molecule has 0 bridgehead atoms. The molecule has 2 aromatic rings. The van der Waals surface area contributed by atoms with E-state index in [0.717, 1.165) is 57.7 Å². The van der Waals surface area contributed by atoms with Crippen LogP contribution >= 0.6 is 0 Å². The molecule has 11 nitrogen and oxygen atoms in total. The number of rotatable bonds is 12. The second-order valence-electron chi connectivity index (χ2n) is 11.6. The number of carbonyl (C=O) groups is 1. The van der Waals surface area contributed by atoms with E-state index in [0.29, 0.717) is 31.2 Å². The van der Waals surface area contributed by atoms with Crippen LogP contribution in [0.4, 0.5) is 11.5 Å². The number of ether oxygens (including phenoxy) is 2. The summed E-state index contributed by atoms with van der Waals surface area (Å²) in [4.78, 5) is 25.9. The third kappa shape index (κ3) is 10.8. The molecule has 0 fully saturated rings. The van der Waals surface area contributed by atoms with E-state index in [9.17, 15) is 4.79 Å². The fourth-order valence-electron chi connectivity index (χ4n) is 5.41. The summed E-state index contributed by atoms with van der Waals surface area (Å²) in [6, 6.07) is 5.94. The zero-order valence-electron chi connectivity index (χ0n) is 32.0. The normalized spacial score (nSPS) is 16.7. The molecule has 2 aliphatic rings. The van der Waals surface area contributed by atoms with Crippen molar-refractivity contribution in [3.8, 4) is 5.75 Å². The molecule has 2 aliphatic heterocycles. The molecule has 1 N–H and O–H groups in total. The van der Waals surface area contributed by atoms with Gasteiger partial charge in [-0.05, 0) is 84.1 Å². The maximum atomic E-state index is 12.8. The molecule has 1 aromatic heterocycles. The third-order valence-corrected chi connectivity index (χ3v) is 7.83. The Morgan fingerprint density at radius 1 is 1.16 bits per heavy atom. The quantitative estimate of drug-likeness (QED) is 0.178. The lowest BCUT2D eigenvalue weighted by atomic mass is 10.1. The van der Waals surface area contributed by atoms with Gasteiger partial charge < -0.3 is 24.6 Å². The zero-order chi connectivity index (χ0) is 37.3. The lowest BCUT2D eigenvalue weighted by molar-refractivity contribution is -0.473. The highest BCUT2D eigenvalue weighted by Gasteiger charge is 2.27. The van der Waals surface area contributed by atoms with Gasteiger partial charge in [0.25, 0.3) is 0 Å². The summed E-state index contributed by atoms with van der Waals surface area (Å²) in [6.07, 6.45) is 21.5. The van der Waals surface area contributed by atoms with E-state index < -0.39 is 0 Å². The highest BCUT2D eigenvalue weighted by molar-refractivity contribution is 5.89. The SMILES string of the molecule is C/C=N\N1C=CC(Oc2ccc(Nc3ncnc(=C/C)/c3=C(OC)\C(=C\CC)[N+]3=CCN(C(=O)/C=C/CN(C)C)CC3)cc2C)=C/C1=C\C.CC. The number of amides is 1. The Labute approximate surface area is 303 Å². The molecule has 0 unspecified atom stereocenters. The monoisotopic (exact) mass is 695 g/mol. The fraction of sp³-hybridized carbons (Fsp3) is 0.375. The Morgan fingerprint density at radius 2 is 1.94 bits per heavy atom. The first-order chi connectivity index (χ1) is 24.7. The molecule has 0 atom stereocenters. The van der Waals surface area contributed by atoms with E-state index in [2.05, 4.69) is 38.0 Å². The van der Waals surface area contributed by atoms with Crippen LogP contribution in [0.15, 0.2) is 89.4 Å². The minimum atomic E-state index is 0.00932. The average molecular weight is 696 g/mol. The van der Waals surface area contributed by atoms with Crippen LogP contribution in [0.1, 0.15) is 53.5 Å². The van der Waals surface area contributed by atoms with Crippen molar-refractivity contribution in [3.05, 3.63) is 100 Å². The van der Waals surface area contributed by atoms with Crippen molar-refractivity contribution in [2.45, 2.75) is 54.9 Å². The first-order valence-corrected chi connectivity index (χ1v) is 17.6.